The van der Waals surface area contributed by atoms with Crippen LogP contribution >= 0.6 is 0 Å². The Morgan fingerprint density at radius 2 is 1.90 bits per heavy atom. The normalized spacial score (nSPS) is 17.1. The Balaban J connectivity index is 0.000000956. The molecule has 1 fully saturated rings. The van der Waals surface area contributed by atoms with Crippen molar-refractivity contribution in [1.29, 1.82) is 0 Å². The minimum Gasteiger partial charge on any atom is -0.297 e. The van der Waals surface area contributed by atoms with Crippen molar-refractivity contribution in [1.82, 2.24) is 19.9 Å². The fourth-order valence-electron chi connectivity index (χ4n) is 2.36. The molecule has 4 heteroatoms. The van der Waals surface area contributed by atoms with Crippen LogP contribution in [-0.4, -0.2) is 33.0 Å². The molecule has 0 bridgehead atoms. The topological polar surface area (TPSA) is 34.0 Å². The molecule has 1 saturated heterocycles. The summed E-state index contributed by atoms with van der Waals surface area (Å²) in [4.78, 5) is 2.50. The highest BCUT2D eigenvalue weighted by atomic mass is 15.4. The van der Waals surface area contributed by atoms with E-state index < -0.39 is 0 Å². The second-order valence-electron chi connectivity index (χ2n) is 6.11. The summed E-state index contributed by atoms with van der Waals surface area (Å²) in [6, 6.07) is 0. The lowest BCUT2D eigenvalue weighted by atomic mass is 9.99. The average molecular weight is 280 g/mol. The minimum atomic E-state index is 0.723. The van der Waals surface area contributed by atoms with E-state index in [1.54, 1.807) is 0 Å². The van der Waals surface area contributed by atoms with Crippen LogP contribution in [0.1, 0.15) is 59.6 Å². The summed E-state index contributed by atoms with van der Waals surface area (Å²) in [6.45, 7) is 15.2. The molecule has 0 radical (unpaired) electrons. The summed E-state index contributed by atoms with van der Waals surface area (Å²) in [5, 5.41) is 8.49. The van der Waals surface area contributed by atoms with E-state index in [0.717, 1.165) is 30.6 Å². The fourth-order valence-corrected chi connectivity index (χ4v) is 2.36. The third kappa shape index (κ3) is 6.04. The molecule has 116 valence electrons. The van der Waals surface area contributed by atoms with Gasteiger partial charge < -0.3 is 0 Å². The third-order valence-corrected chi connectivity index (χ3v) is 3.78. The zero-order chi connectivity index (χ0) is 15.0. The van der Waals surface area contributed by atoms with E-state index in [-0.39, 0.29) is 0 Å². The van der Waals surface area contributed by atoms with Crippen LogP contribution in [0.3, 0.4) is 0 Å². The van der Waals surface area contributed by atoms with Gasteiger partial charge in [-0.15, -0.1) is 5.10 Å². The molecule has 20 heavy (non-hydrogen) atoms. The predicted molar refractivity (Wildman–Crippen MR) is 84.5 cm³/mol. The van der Waals surface area contributed by atoms with Crippen LogP contribution in [0.5, 0.6) is 0 Å². The van der Waals surface area contributed by atoms with E-state index in [1.165, 1.54) is 32.4 Å². The largest absolute Gasteiger partial charge is 0.297 e. The second kappa shape index (κ2) is 9.11. The molecule has 0 aromatic carbocycles. The van der Waals surface area contributed by atoms with Gasteiger partial charge in [0.15, 0.2) is 0 Å². The number of aromatic nitrogens is 3. The minimum absolute atomic E-state index is 0.723. The second-order valence-corrected chi connectivity index (χ2v) is 6.11. The first-order valence-corrected chi connectivity index (χ1v) is 8.25. The maximum atomic E-state index is 4.28. The highest BCUT2D eigenvalue weighted by molar-refractivity contribution is 4.92. The Morgan fingerprint density at radius 3 is 2.50 bits per heavy atom. The molecule has 1 aromatic heterocycles. The van der Waals surface area contributed by atoms with Crippen LogP contribution in [0.15, 0.2) is 6.20 Å². The summed E-state index contributed by atoms with van der Waals surface area (Å²) < 4.78 is 1.99. The SMILES string of the molecule is CC.CC(C)CCn1cc(CN2CCC(C)CC2)nn1. The number of nitrogens with zero attached hydrogens (tertiary/aromatic N) is 4. The molecule has 2 rings (SSSR count). The van der Waals surface area contributed by atoms with Gasteiger partial charge in [-0.25, -0.2) is 0 Å². The van der Waals surface area contributed by atoms with Crippen LogP contribution in [-0.2, 0) is 13.1 Å². The Labute approximate surface area is 124 Å². The van der Waals surface area contributed by atoms with Crippen molar-refractivity contribution < 1.29 is 0 Å². The monoisotopic (exact) mass is 280 g/mol. The maximum absolute atomic E-state index is 4.28. The van der Waals surface area contributed by atoms with Gasteiger partial charge in [-0.3, -0.25) is 9.58 Å². The Kier molecular flexibility index (Phi) is 7.82. The van der Waals surface area contributed by atoms with Gasteiger partial charge in [0.1, 0.15) is 0 Å². The highest BCUT2D eigenvalue weighted by Crippen LogP contribution is 2.17. The molecule has 1 aliphatic heterocycles. The third-order valence-electron chi connectivity index (χ3n) is 3.78. The van der Waals surface area contributed by atoms with Crippen molar-refractivity contribution in [3.8, 4) is 0 Å². The molecule has 0 saturated carbocycles. The van der Waals surface area contributed by atoms with E-state index >= 15 is 0 Å². The predicted octanol–water partition coefficient (Wildman–Crippen LogP) is 3.58. The number of likely N-dealkylation sites (tertiary alicyclic amines) is 1. The van der Waals surface area contributed by atoms with Crippen molar-refractivity contribution in [2.24, 2.45) is 11.8 Å². The molecule has 0 unspecified atom stereocenters. The first-order valence-electron chi connectivity index (χ1n) is 8.25. The zero-order valence-corrected chi connectivity index (χ0v) is 14.0. The van der Waals surface area contributed by atoms with Gasteiger partial charge in [0.05, 0.1) is 5.69 Å². The first kappa shape index (κ1) is 17.2. The van der Waals surface area contributed by atoms with Crippen molar-refractivity contribution in [2.45, 2.75) is 67.0 Å². The highest BCUT2D eigenvalue weighted by Gasteiger charge is 2.16. The lowest BCUT2D eigenvalue weighted by Crippen LogP contribution is -2.32. The number of hydrogen-bond acceptors (Lipinski definition) is 3. The van der Waals surface area contributed by atoms with E-state index in [4.69, 9.17) is 0 Å². The van der Waals surface area contributed by atoms with Crippen LogP contribution in [0.25, 0.3) is 0 Å². The molecule has 1 aromatic rings. The van der Waals surface area contributed by atoms with Crippen molar-refractivity contribution in [3.05, 3.63) is 11.9 Å². The lowest BCUT2D eigenvalue weighted by molar-refractivity contribution is 0.183. The zero-order valence-electron chi connectivity index (χ0n) is 14.0. The summed E-state index contributed by atoms with van der Waals surface area (Å²) in [5.41, 5.74) is 1.12. The van der Waals surface area contributed by atoms with Crippen molar-refractivity contribution in [3.63, 3.8) is 0 Å². The molecule has 4 nitrogen and oxygen atoms in total. The van der Waals surface area contributed by atoms with Crippen LogP contribution in [0.2, 0.25) is 0 Å². The van der Waals surface area contributed by atoms with Gasteiger partial charge in [0.25, 0.3) is 0 Å². The van der Waals surface area contributed by atoms with Crippen LogP contribution < -0.4 is 0 Å². The van der Waals surface area contributed by atoms with E-state index in [9.17, 15) is 0 Å². The fraction of sp³-hybridized carbons (Fsp3) is 0.875. The maximum Gasteiger partial charge on any atom is 0.0967 e. The van der Waals surface area contributed by atoms with Crippen molar-refractivity contribution in [2.75, 3.05) is 13.1 Å². The molecule has 0 N–H and O–H groups in total. The van der Waals surface area contributed by atoms with E-state index in [0.29, 0.717) is 0 Å². The quantitative estimate of drug-likeness (QED) is 0.826. The summed E-state index contributed by atoms with van der Waals surface area (Å²) in [5.74, 6) is 1.62. The molecule has 0 amide bonds. The Morgan fingerprint density at radius 1 is 1.25 bits per heavy atom. The van der Waals surface area contributed by atoms with E-state index in [1.807, 2.05) is 18.5 Å². The van der Waals surface area contributed by atoms with Crippen LogP contribution in [0, 0.1) is 11.8 Å². The average Bonchev–Trinajstić information content (AvgIpc) is 2.89. The van der Waals surface area contributed by atoms with Gasteiger partial charge >= 0.3 is 0 Å². The Bertz CT molecular complexity index is 351. The van der Waals surface area contributed by atoms with Gasteiger partial charge in [0, 0.05) is 19.3 Å². The summed E-state index contributed by atoms with van der Waals surface area (Å²) in [7, 11) is 0. The molecule has 0 atom stereocenters. The van der Waals surface area contributed by atoms with Gasteiger partial charge in [-0.05, 0) is 44.2 Å². The molecule has 1 aliphatic rings. The summed E-state index contributed by atoms with van der Waals surface area (Å²) >= 11 is 0. The molecule has 2 heterocycles. The Hall–Kier alpha value is -0.900. The number of rotatable bonds is 5. The van der Waals surface area contributed by atoms with Gasteiger partial charge in [-0.2, -0.15) is 0 Å². The summed E-state index contributed by atoms with van der Waals surface area (Å²) in [6.07, 6.45) is 5.92. The first-order chi connectivity index (χ1) is 9.63. The molecular formula is C16H32N4. The number of piperidine rings is 1. The van der Waals surface area contributed by atoms with E-state index in [2.05, 4.69) is 42.2 Å². The van der Waals surface area contributed by atoms with Gasteiger partial charge in [-0.1, -0.05) is 39.8 Å². The smallest absolute Gasteiger partial charge is 0.0967 e. The van der Waals surface area contributed by atoms with Crippen molar-refractivity contribution >= 4 is 0 Å². The molecule has 0 spiro atoms. The van der Waals surface area contributed by atoms with Gasteiger partial charge in [0.2, 0.25) is 0 Å². The molecular weight excluding hydrogens is 248 g/mol. The number of aryl methyl sites for hydroxylation is 1. The number of hydrogen-bond donors (Lipinski definition) is 0. The molecule has 0 aliphatic carbocycles. The van der Waals surface area contributed by atoms with Crippen LogP contribution in [0.4, 0.5) is 0 Å². The standard InChI is InChI=1S/C14H26N4.C2H6/c1-12(2)4-9-18-11-14(15-16-18)10-17-7-5-13(3)6-8-17;1-2/h11-13H,4-10H2,1-3H3;1-2H3. The lowest BCUT2D eigenvalue weighted by Gasteiger charge is -2.29.